The Bertz CT molecular complexity index is 2160. The van der Waals surface area contributed by atoms with E-state index in [0.717, 1.165) is 21.5 Å². The monoisotopic (exact) mass is 886 g/mol. The quantitative estimate of drug-likeness (QED) is 0.0779. The summed E-state index contributed by atoms with van der Waals surface area (Å²) >= 11 is 0. The molecule has 2 heterocycles. The molecule has 6 rings (SSSR count). The van der Waals surface area contributed by atoms with Crippen LogP contribution in [-0.2, 0) is 36.6 Å². The molecule has 6 atom stereocenters. The minimum Gasteiger partial charge on any atom is -0.489 e. The molecule has 2 aliphatic rings. The van der Waals surface area contributed by atoms with Crippen molar-refractivity contribution in [2.45, 2.75) is 134 Å². The number of hydrogen-bond donors (Lipinski definition) is 4. The standard InChI is InChI=1S/C52H66N4O7Si/c1-7-52(6)50(61)54-44(35-38-30-32-40(33-31-38)62-36-39-21-12-8-13-22-39)49(60)56-34-20-28-45(56)48(59)53-43(47(58)55-52)27-18-11-19-29-46(57)37(2)63-64(51(3,4)5,41-23-14-9-15-24-41)42-25-16-10-17-26-42/h8-17,19,21-26,30-33,37,43-45,48,53,59H,7,18,20,27-29,34-36H2,1-6H3,(H,54,61)(H,55,58)/t37-,43+,44+,45-,48?,52+/m1/s1. The van der Waals surface area contributed by atoms with Crippen molar-refractivity contribution in [3.63, 3.8) is 0 Å². The van der Waals surface area contributed by atoms with Crippen LogP contribution in [0.25, 0.3) is 0 Å². The molecule has 0 radical (unpaired) electrons. The van der Waals surface area contributed by atoms with Crippen LogP contribution in [0, 0.1) is 0 Å². The van der Waals surface area contributed by atoms with Gasteiger partial charge in [-0.25, -0.2) is 0 Å². The van der Waals surface area contributed by atoms with Crippen molar-refractivity contribution < 1.29 is 33.4 Å². The summed E-state index contributed by atoms with van der Waals surface area (Å²) < 4.78 is 13.0. The average Bonchev–Trinajstić information content (AvgIpc) is 3.80. The minimum atomic E-state index is -2.94. The van der Waals surface area contributed by atoms with Crippen LogP contribution in [0.15, 0.2) is 127 Å². The number of aliphatic hydroxyl groups is 1. The molecule has 4 aromatic rings. The second-order valence-corrected chi connectivity index (χ2v) is 22.6. The van der Waals surface area contributed by atoms with E-state index in [2.05, 4.69) is 61.0 Å². The Labute approximate surface area is 380 Å². The smallest absolute Gasteiger partial charge is 0.262 e. The third kappa shape index (κ3) is 11.5. The summed E-state index contributed by atoms with van der Waals surface area (Å²) in [5.41, 5.74) is 0.528. The van der Waals surface area contributed by atoms with E-state index in [1.54, 1.807) is 11.8 Å². The van der Waals surface area contributed by atoms with E-state index >= 15 is 0 Å². The Morgan fingerprint density at radius 3 is 2.08 bits per heavy atom. The van der Waals surface area contributed by atoms with Gasteiger partial charge in [0.25, 0.3) is 8.32 Å². The van der Waals surface area contributed by atoms with Gasteiger partial charge in [-0.3, -0.25) is 24.5 Å². The minimum absolute atomic E-state index is 0.0552. The number of carbonyl (C=O) groups excluding carboxylic acids is 4. The summed E-state index contributed by atoms with van der Waals surface area (Å²) in [5.74, 6) is -0.562. The summed E-state index contributed by atoms with van der Waals surface area (Å²) in [4.78, 5) is 57.9. The molecule has 0 aromatic heterocycles. The van der Waals surface area contributed by atoms with E-state index in [0.29, 0.717) is 38.2 Å². The first-order chi connectivity index (χ1) is 30.6. The van der Waals surface area contributed by atoms with Gasteiger partial charge in [0.2, 0.25) is 17.7 Å². The maximum atomic E-state index is 14.3. The largest absolute Gasteiger partial charge is 0.489 e. The van der Waals surface area contributed by atoms with Crippen molar-refractivity contribution in [2.75, 3.05) is 6.54 Å². The number of ketones is 1. The number of allylic oxidation sites excluding steroid dienone is 2. The zero-order valence-corrected chi connectivity index (χ0v) is 39.2. The number of ether oxygens (including phenoxy) is 1. The molecule has 3 amide bonds. The molecule has 64 heavy (non-hydrogen) atoms. The second-order valence-electron chi connectivity index (χ2n) is 18.4. The first kappa shape index (κ1) is 48.1. The number of carbonyl (C=O) groups is 4. The fraction of sp³-hybridized carbons (Fsp3) is 0.423. The van der Waals surface area contributed by atoms with Crippen molar-refractivity contribution in [2.24, 2.45) is 0 Å². The third-order valence-electron chi connectivity index (χ3n) is 12.8. The Morgan fingerprint density at radius 1 is 0.875 bits per heavy atom. The van der Waals surface area contributed by atoms with Crippen LogP contribution in [0.5, 0.6) is 5.75 Å². The van der Waals surface area contributed by atoms with Crippen molar-refractivity contribution in [3.8, 4) is 5.75 Å². The van der Waals surface area contributed by atoms with E-state index in [1.165, 1.54) is 0 Å². The molecule has 2 saturated heterocycles. The number of aliphatic hydroxyl groups excluding tert-OH is 1. The first-order valence-corrected chi connectivity index (χ1v) is 24.7. The van der Waals surface area contributed by atoms with E-state index in [9.17, 15) is 24.3 Å². The van der Waals surface area contributed by atoms with Crippen LogP contribution in [0.1, 0.15) is 91.2 Å². The van der Waals surface area contributed by atoms with Gasteiger partial charge in [0.05, 0.1) is 12.1 Å². The van der Waals surface area contributed by atoms with Gasteiger partial charge < -0.3 is 29.8 Å². The topological polar surface area (TPSA) is 146 Å². The van der Waals surface area contributed by atoms with Gasteiger partial charge in [0.1, 0.15) is 36.3 Å². The van der Waals surface area contributed by atoms with Crippen LogP contribution in [0.2, 0.25) is 5.04 Å². The van der Waals surface area contributed by atoms with Crippen LogP contribution >= 0.6 is 0 Å². The number of rotatable bonds is 16. The maximum Gasteiger partial charge on any atom is 0.262 e. The van der Waals surface area contributed by atoms with E-state index < -0.39 is 56.1 Å². The molecule has 0 bridgehead atoms. The molecule has 4 aromatic carbocycles. The van der Waals surface area contributed by atoms with Crippen molar-refractivity contribution in [1.29, 1.82) is 0 Å². The maximum absolute atomic E-state index is 14.3. The van der Waals surface area contributed by atoms with Gasteiger partial charge in [0, 0.05) is 19.4 Å². The molecule has 0 saturated carbocycles. The lowest BCUT2D eigenvalue weighted by Crippen LogP contribution is -2.68. The lowest BCUT2D eigenvalue weighted by atomic mass is 9.94. The van der Waals surface area contributed by atoms with Crippen LogP contribution in [0.3, 0.4) is 0 Å². The predicted molar refractivity (Wildman–Crippen MR) is 254 cm³/mol. The van der Waals surface area contributed by atoms with Crippen LogP contribution in [0.4, 0.5) is 0 Å². The normalized spacial score (nSPS) is 22.8. The Morgan fingerprint density at radius 2 is 1.48 bits per heavy atom. The fourth-order valence-corrected chi connectivity index (χ4v) is 13.5. The molecule has 0 aliphatic carbocycles. The molecular weight excluding hydrogens is 821 g/mol. The molecule has 340 valence electrons. The summed E-state index contributed by atoms with van der Waals surface area (Å²) in [5, 5.41) is 22.6. The zero-order chi connectivity index (χ0) is 45.9. The van der Waals surface area contributed by atoms with Crippen molar-refractivity contribution in [1.82, 2.24) is 20.9 Å². The molecule has 4 N–H and O–H groups in total. The number of hydrogen-bond acceptors (Lipinski definition) is 8. The number of Topliss-reactive ketones (excluding diaryl/α,β-unsaturated/α-hetero) is 1. The highest BCUT2D eigenvalue weighted by molar-refractivity contribution is 6.99. The molecule has 2 fully saturated rings. The van der Waals surface area contributed by atoms with Gasteiger partial charge >= 0.3 is 0 Å². The van der Waals surface area contributed by atoms with Gasteiger partial charge in [0.15, 0.2) is 5.78 Å². The number of benzene rings is 4. The number of amides is 3. The number of nitrogens with one attached hydrogen (secondary N) is 3. The molecule has 12 heteroatoms. The Balaban J connectivity index is 1.11. The SMILES string of the molecule is CC[C@]1(C)NC(=O)[C@H](CCC=CCC(=O)[C@@H](C)O[Si](c2ccccc2)(c2ccccc2)C(C)(C)C)NC(O)[C@H]2CCCN2C(=O)[C@H](Cc2ccc(OCc3ccccc3)cc2)NC1=O. The second kappa shape index (κ2) is 21.5. The van der Waals surface area contributed by atoms with Gasteiger partial charge in [-0.15, -0.1) is 0 Å². The predicted octanol–water partition coefficient (Wildman–Crippen LogP) is 6.12. The Hall–Kier alpha value is -5.40. The number of fused-ring (bicyclic) bond motifs is 1. The van der Waals surface area contributed by atoms with Crippen LogP contribution in [-0.4, -0.2) is 84.4 Å². The van der Waals surface area contributed by atoms with Gasteiger partial charge in [-0.2, -0.15) is 0 Å². The van der Waals surface area contributed by atoms with E-state index in [1.807, 2.05) is 117 Å². The summed E-state index contributed by atoms with van der Waals surface area (Å²) in [6.07, 6.45) is 4.31. The van der Waals surface area contributed by atoms with E-state index in [-0.39, 0.29) is 42.4 Å². The van der Waals surface area contributed by atoms with Crippen LogP contribution < -0.4 is 31.1 Å². The number of nitrogens with zero attached hydrogens (tertiary/aromatic N) is 1. The van der Waals surface area contributed by atoms with Gasteiger partial charge in [-0.05, 0) is 84.6 Å². The van der Waals surface area contributed by atoms with Crippen molar-refractivity contribution >= 4 is 42.2 Å². The third-order valence-corrected chi connectivity index (χ3v) is 17.9. The average molecular weight is 887 g/mol. The highest BCUT2D eigenvalue weighted by Crippen LogP contribution is 2.37. The Kier molecular flexibility index (Phi) is 16.2. The van der Waals surface area contributed by atoms with Crippen molar-refractivity contribution in [3.05, 3.63) is 139 Å². The summed E-state index contributed by atoms with van der Waals surface area (Å²) in [7, 11) is -2.94. The zero-order valence-electron chi connectivity index (χ0n) is 38.2. The highest BCUT2D eigenvalue weighted by Gasteiger charge is 2.51. The lowest BCUT2D eigenvalue weighted by molar-refractivity contribution is -0.143. The first-order valence-electron chi connectivity index (χ1n) is 22.7. The molecule has 11 nitrogen and oxygen atoms in total. The molecular formula is C52H66N4O7Si. The highest BCUT2D eigenvalue weighted by atomic mass is 28.4. The lowest BCUT2D eigenvalue weighted by Gasteiger charge is -2.44. The molecule has 1 unspecified atom stereocenters. The summed E-state index contributed by atoms with van der Waals surface area (Å²) in [6, 6.07) is 35.4. The fourth-order valence-electron chi connectivity index (χ4n) is 8.85. The van der Waals surface area contributed by atoms with E-state index in [4.69, 9.17) is 9.16 Å². The van der Waals surface area contributed by atoms with Gasteiger partial charge in [-0.1, -0.05) is 143 Å². The molecule has 2 aliphatic heterocycles. The molecule has 0 spiro atoms. The summed E-state index contributed by atoms with van der Waals surface area (Å²) in [6.45, 7) is 12.7.